The maximum absolute atomic E-state index is 10.1. The Morgan fingerprint density at radius 3 is 2.60 bits per heavy atom. The van der Waals surface area contributed by atoms with Crippen LogP contribution in [-0.4, -0.2) is 47.0 Å². The number of hydrogen-bond acceptors (Lipinski definition) is 3. The van der Waals surface area contributed by atoms with Gasteiger partial charge in [-0.15, -0.1) is 0 Å². The quantitative estimate of drug-likeness (QED) is 0.672. The highest BCUT2D eigenvalue weighted by molar-refractivity contribution is 4.86. The van der Waals surface area contributed by atoms with Crippen molar-refractivity contribution in [3.8, 4) is 0 Å². The first-order chi connectivity index (χ1) is 7.31. The molecule has 2 fully saturated rings. The van der Waals surface area contributed by atoms with Crippen molar-refractivity contribution in [2.24, 2.45) is 5.92 Å². The lowest BCUT2D eigenvalue weighted by Gasteiger charge is -2.30. The topological polar surface area (TPSA) is 43.7 Å². The van der Waals surface area contributed by atoms with Crippen LogP contribution < -0.4 is 0 Å². The third-order valence-corrected chi connectivity index (χ3v) is 3.99. The van der Waals surface area contributed by atoms with Gasteiger partial charge in [-0.1, -0.05) is 19.3 Å². The van der Waals surface area contributed by atoms with Crippen molar-refractivity contribution in [2.75, 3.05) is 19.7 Å². The monoisotopic (exact) mass is 213 g/mol. The number of hydrogen-bond donors (Lipinski definition) is 2. The van der Waals surface area contributed by atoms with E-state index in [1.165, 1.54) is 19.3 Å². The summed E-state index contributed by atoms with van der Waals surface area (Å²) in [5.74, 6) is 0.445. The summed E-state index contributed by atoms with van der Waals surface area (Å²) >= 11 is 0. The van der Waals surface area contributed by atoms with Crippen LogP contribution in [0.1, 0.15) is 38.5 Å². The van der Waals surface area contributed by atoms with Gasteiger partial charge in [-0.2, -0.15) is 0 Å². The Morgan fingerprint density at radius 2 is 1.87 bits per heavy atom. The fourth-order valence-corrected chi connectivity index (χ4v) is 3.01. The summed E-state index contributed by atoms with van der Waals surface area (Å²) in [7, 11) is 0. The molecule has 1 aliphatic carbocycles. The molecular formula is C12H23NO2. The molecule has 0 radical (unpaired) electrons. The van der Waals surface area contributed by atoms with Gasteiger partial charge in [0, 0.05) is 19.2 Å². The van der Waals surface area contributed by atoms with Gasteiger partial charge < -0.3 is 10.2 Å². The van der Waals surface area contributed by atoms with Crippen molar-refractivity contribution in [1.82, 2.24) is 4.90 Å². The van der Waals surface area contributed by atoms with Crippen LogP contribution in [0.3, 0.4) is 0 Å². The van der Waals surface area contributed by atoms with Crippen LogP contribution in [0.25, 0.3) is 0 Å². The van der Waals surface area contributed by atoms with E-state index < -0.39 is 0 Å². The molecule has 15 heavy (non-hydrogen) atoms. The Morgan fingerprint density at radius 1 is 1.07 bits per heavy atom. The summed E-state index contributed by atoms with van der Waals surface area (Å²) < 4.78 is 0. The van der Waals surface area contributed by atoms with Gasteiger partial charge in [0.15, 0.2) is 0 Å². The molecule has 3 heteroatoms. The molecule has 3 unspecified atom stereocenters. The van der Waals surface area contributed by atoms with Gasteiger partial charge >= 0.3 is 0 Å². The predicted octanol–water partition coefficient (Wildman–Crippen LogP) is 0.994. The molecule has 0 aromatic heterocycles. The zero-order valence-corrected chi connectivity index (χ0v) is 9.44. The minimum atomic E-state index is -0.134. The maximum Gasteiger partial charge on any atom is 0.0695 e. The number of aliphatic hydroxyl groups is 2. The SMILES string of the molecule is OCC1CCN(C2CCCCCC2O)C1. The van der Waals surface area contributed by atoms with E-state index in [-0.39, 0.29) is 6.10 Å². The molecule has 3 nitrogen and oxygen atoms in total. The van der Waals surface area contributed by atoms with Gasteiger partial charge in [0.1, 0.15) is 0 Å². The smallest absolute Gasteiger partial charge is 0.0695 e. The highest BCUT2D eigenvalue weighted by Crippen LogP contribution is 2.27. The van der Waals surface area contributed by atoms with Gasteiger partial charge in [0.05, 0.1) is 6.10 Å². The molecule has 1 saturated carbocycles. The van der Waals surface area contributed by atoms with E-state index in [9.17, 15) is 5.11 Å². The Labute approximate surface area is 92.1 Å². The van der Waals surface area contributed by atoms with Gasteiger partial charge in [-0.05, 0) is 31.7 Å². The van der Waals surface area contributed by atoms with E-state index in [4.69, 9.17) is 5.11 Å². The third-order valence-electron chi connectivity index (χ3n) is 3.99. The van der Waals surface area contributed by atoms with Crippen LogP contribution in [0, 0.1) is 5.92 Å². The standard InChI is InChI=1S/C12H23NO2/c14-9-10-6-7-13(8-10)11-4-2-1-3-5-12(11)15/h10-12,14-15H,1-9H2. The average molecular weight is 213 g/mol. The van der Waals surface area contributed by atoms with E-state index in [2.05, 4.69) is 4.90 Å². The van der Waals surface area contributed by atoms with Crippen molar-refractivity contribution < 1.29 is 10.2 Å². The van der Waals surface area contributed by atoms with Gasteiger partial charge in [0.25, 0.3) is 0 Å². The second kappa shape index (κ2) is 5.28. The Balaban J connectivity index is 1.90. The molecule has 3 atom stereocenters. The summed E-state index contributed by atoms with van der Waals surface area (Å²) in [6.07, 6.45) is 6.76. The first-order valence-electron chi connectivity index (χ1n) is 6.34. The van der Waals surface area contributed by atoms with Crippen LogP contribution in [0.15, 0.2) is 0 Å². The van der Waals surface area contributed by atoms with E-state index in [1.807, 2.05) is 0 Å². The molecule has 0 aromatic rings. The molecule has 1 aliphatic heterocycles. The Bertz CT molecular complexity index is 198. The first-order valence-corrected chi connectivity index (χ1v) is 6.34. The molecule has 1 heterocycles. The van der Waals surface area contributed by atoms with Crippen molar-refractivity contribution in [1.29, 1.82) is 0 Å². The molecule has 0 bridgehead atoms. The summed E-state index contributed by atoms with van der Waals surface area (Å²) in [5.41, 5.74) is 0. The Kier molecular flexibility index (Phi) is 4.00. The molecule has 1 saturated heterocycles. The molecule has 0 aromatic carbocycles. The average Bonchev–Trinajstić information content (AvgIpc) is 2.62. The molecule has 2 N–H and O–H groups in total. The van der Waals surface area contributed by atoms with Crippen LogP contribution in [0.5, 0.6) is 0 Å². The van der Waals surface area contributed by atoms with Gasteiger partial charge in [-0.25, -0.2) is 0 Å². The van der Waals surface area contributed by atoms with E-state index in [0.717, 1.165) is 32.4 Å². The van der Waals surface area contributed by atoms with Crippen molar-refractivity contribution in [3.63, 3.8) is 0 Å². The van der Waals surface area contributed by atoms with Gasteiger partial charge in [-0.3, -0.25) is 4.90 Å². The van der Waals surface area contributed by atoms with Crippen LogP contribution >= 0.6 is 0 Å². The lowest BCUT2D eigenvalue weighted by atomic mass is 10.0. The molecular weight excluding hydrogens is 190 g/mol. The lowest BCUT2D eigenvalue weighted by Crippen LogP contribution is -2.41. The number of rotatable bonds is 2. The van der Waals surface area contributed by atoms with Crippen molar-refractivity contribution >= 4 is 0 Å². The molecule has 88 valence electrons. The van der Waals surface area contributed by atoms with Crippen molar-refractivity contribution in [2.45, 2.75) is 50.7 Å². The molecule has 2 aliphatic rings. The maximum atomic E-state index is 10.1. The summed E-state index contributed by atoms with van der Waals surface area (Å²) in [4.78, 5) is 2.40. The third kappa shape index (κ3) is 2.71. The number of nitrogens with zero attached hydrogens (tertiary/aromatic N) is 1. The largest absolute Gasteiger partial charge is 0.396 e. The van der Waals surface area contributed by atoms with Gasteiger partial charge in [0.2, 0.25) is 0 Å². The van der Waals surface area contributed by atoms with Crippen LogP contribution in [-0.2, 0) is 0 Å². The highest BCUT2D eigenvalue weighted by Gasteiger charge is 2.32. The lowest BCUT2D eigenvalue weighted by molar-refractivity contribution is 0.0532. The molecule has 0 amide bonds. The van der Waals surface area contributed by atoms with Crippen LogP contribution in [0.2, 0.25) is 0 Å². The fourth-order valence-electron chi connectivity index (χ4n) is 3.01. The molecule has 0 spiro atoms. The van der Waals surface area contributed by atoms with E-state index in [0.29, 0.717) is 18.6 Å². The summed E-state index contributed by atoms with van der Waals surface area (Å²) in [6, 6.07) is 0.365. The Hall–Kier alpha value is -0.120. The zero-order chi connectivity index (χ0) is 10.7. The zero-order valence-electron chi connectivity index (χ0n) is 9.44. The minimum Gasteiger partial charge on any atom is -0.396 e. The van der Waals surface area contributed by atoms with Crippen LogP contribution in [0.4, 0.5) is 0 Å². The molecule has 2 rings (SSSR count). The predicted molar refractivity (Wildman–Crippen MR) is 59.6 cm³/mol. The number of aliphatic hydroxyl groups excluding tert-OH is 2. The minimum absolute atomic E-state index is 0.134. The highest BCUT2D eigenvalue weighted by atomic mass is 16.3. The van der Waals surface area contributed by atoms with Crippen molar-refractivity contribution in [3.05, 3.63) is 0 Å². The second-order valence-electron chi connectivity index (χ2n) is 5.10. The number of likely N-dealkylation sites (tertiary alicyclic amines) is 1. The second-order valence-corrected chi connectivity index (χ2v) is 5.10. The normalized spacial score (nSPS) is 39.2. The van der Waals surface area contributed by atoms with E-state index >= 15 is 0 Å². The first kappa shape index (κ1) is 11.4. The van der Waals surface area contributed by atoms with E-state index in [1.54, 1.807) is 0 Å². The summed E-state index contributed by atoms with van der Waals surface area (Å²) in [6.45, 7) is 2.35. The summed E-state index contributed by atoms with van der Waals surface area (Å²) in [5, 5.41) is 19.2. The fraction of sp³-hybridized carbons (Fsp3) is 1.00.